The fourth-order valence-corrected chi connectivity index (χ4v) is 5.01. The molecule has 0 fully saturated rings. The van der Waals surface area contributed by atoms with Crippen molar-refractivity contribution in [3.8, 4) is 0 Å². The molecule has 0 radical (unpaired) electrons. The van der Waals surface area contributed by atoms with Crippen molar-refractivity contribution in [2.45, 2.75) is 32.1 Å². The lowest BCUT2D eigenvalue weighted by Crippen LogP contribution is -2.49. The minimum atomic E-state index is -3.58. The highest BCUT2D eigenvalue weighted by Crippen LogP contribution is 2.22. The van der Waals surface area contributed by atoms with Crippen LogP contribution < -0.4 is 9.62 Å². The zero-order chi connectivity index (χ0) is 20.6. The van der Waals surface area contributed by atoms with Crippen LogP contribution in [0.4, 0.5) is 5.69 Å². The second-order valence-electron chi connectivity index (χ2n) is 6.65. The second-order valence-corrected chi connectivity index (χ2v) is 9.62. The highest BCUT2D eigenvalue weighted by Gasteiger charge is 2.31. The third kappa shape index (κ3) is 6.56. The van der Waals surface area contributed by atoms with E-state index in [1.807, 2.05) is 19.1 Å². The number of hydrogen-bond donors (Lipinski definition) is 1. The van der Waals surface area contributed by atoms with Crippen LogP contribution in [0.3, 0.4) is 0 Å². The van der Waals surface area contributed by atoms with E-state index >= 15 is 0 Å². The summed E-state index contributed by atoms with van der Waals surface area (Å²) < 4.78 is 25.9. The van der Waals surface area contributed by atoms with E-state index in [9.17, 15) is 13.2 Å². The number of nitrogens with one attached hydrogen (secondary N) is 1. The summed E-state index contributed by atoms with van der Waals surface area (Å²) in [5, 5.41) is 2.89. The Morgan fingerprint density at radius 3 is 2.46 bits per heavy atom. The maximum atomic E-state index is 12.7. The van der Waals surface area contributed by atoms with Gasteiger partial charge in [0.25, 0.3) is 0 Å². The van der Waals surface area contributed by atoms with Gasteiger partial charge in [-0.1, -0.05) is 55.0 Å². The maximum Gasteiger partial charge on any atom is 0.243 e. The largest absolute Gasteiger partial charge is 0.353 e. The van der Waals surface area contributed by atoms with Crippen LogP contribution in [0.2, 0.25) is 0 Å². The number of benzene rings is 2. The minimum Gasteiger partial charge on any atom is -0.353 e. The average molecular weight is 421 g/mol. The first-order valence-electron chi connectivity index (χ1n) is 9.28. The smallest absolute Gasteiger partial charge is 0.243 e. The maximum absolute atomic E-state index is 12.7. The van der Waals surface area contributed by atoms with Gasteiger partial charge < -0.3 is 5.32 Å². The molecule has 0 aliphatic carbocycles. The minimum absolute atomic E-state index is 0.270. The van der Waals surface area contributed by atoms with E-state index in [0.29, 0.717) is 18.7 Å². The van der Waals surface area contributed by atoms with Gasteiger partial charge >= 0.3 is 0 Å². The number of rotatable bonds is 10. The summed E-state index contributed by atoms with van der Waals surface area (Å²) in [5.41, 5.74) is 3.00. The molecule has 28 heavy (non-hydrogen) atoms. The molecule has 0 saturated heterocycles. The Bertz CT molecular complexity index is 870. The van der Waals surface area contributed by atoms with Crippen LogP contribution >= 0.6 is 11.8 Å². The summed E-state index contributed by atoms with van der Waals surface area (Å²) in [6.45, 7) is 4.38. The van der Waals surface area contributed by atoms with Crippen molar-refractivity contribution in [1.29, 1.82) is 0 Å². The topological polar surface area (TPSA) is 66.5 Å². The van der Waals surface area contributed by atoms with Gasteiger partial charge in [0.15, 0.2) is 0 Å². The molecule has 1 N–H and O–H groups in total. The molecule has 7 heteroatoms. The van der Waals surface area contributed by atoms with Crippen LogP contribution in [-0.2, 0) is 20.6 Å². The van der Waals surface area contributed by atoms with Gasteiger partial charge in [0.2, 0.25) is 15.9 Å². The van der Waals surface area contributed by atoms with E-state index in [4.69, 9.17) is 0 Å². The fourth-order valence-electron chi connectivity index (χ4n) is 2.99. The zero-order valence-corrected chi connectivity index (χ0v) is 18.2. The standard InChI is InChI=1S/C21H28N2O3S2/c1-4-20(23(28(3,25)26)19-11-6-5-7-12-19)21(24)22-13-14-27-16-18-10-8-9-17(2)15-18/h5-12,15,20H,4,13-14,16H2,1-3H3,(H,22,24). The fraction of sp³-hybridized carbons (Fsp3) is 0.381. The van der Waals surface area contributed by atoms with Crippen LogP contribution in [0.15, 0.2) is 54.6 Å². The molecule has 0 aromatic heterocycles. The average Bonchev–Trinajstić information content (AvgIpc) is 2.65. The summed E-state index contributed by atoms with van der Waals surface area (Å²) in [5.74, 6) is 1.38. The van der Waals surface area contributed by atoms with E-state index in [2.05, 4.69) is 30.4 Å². The summed E-state index contributed by atoms with van der Waals surface area (Å²) in [7, 11) is -3.58. The van der Waals surface area contributed by atoms with Gasteiger partial charge in [0, 0.05) is 18.1 Å². The molecule has 2 rings (SSSR count). The van der Waals surface area contributed by atoms with Gasteiger partial charge in [-0.3, -0.25) is 9.10 Å². The molecule has 0 heterocycles. The van der Waals surface area contributed by atoms with Crippen molar-refractivity contribution >= 4 is 33.4 Å². The quantitative estimate of drug-likeness (QED) is 0.597. The van der Waals surface area contributed by atoms with Gasteiger partial charge in [-0.05, 0) is 31.0 Å². The molecule has 0 spiro atoms. The molecule has 1 amide bonds. The highest BCUT2D eigenvalue weighted by molar-refractivity contribution is 7.98. The third-order valence-electron chi connectivity index (χ3n) is 4.24. The van der Waals surface area contributed by atoms with Gasteiger partial charge in [-0.15, -0.1) is 0 Å². The molecule has 1 unspecified atom stereocenters. The number of thioether (sulfide) groups is 1. The number of para-hydroxylation sites is 1. The summed E-state index contributed by atoms with van der Waals surface area (Å²) in [4.78, 5) is 12.7. The van der Waals surface area contributed by atoms with Crippen LogP contribution in [-0.4, -0.2) is 38.9 Å². The van der Waals surface area contributed by atoms with E-state index in [-0.39, 0.29) is 5.91 Å². The number of hydrogen-bond acceptors (Lipinski definition) is 4. The number of anilines is 1. The molecular formula is C21H28N2O3S2. The Kier molecular flexibility index (Phi) is 8.38. The van der Waals surface area contributed by atoms with E-state index in [0.717, 1.165) is 17.8 Å². The Morgan fingerprint density at radius 1 is 1.14 bits per heavy atom. The molecule has 0 bridgehead atoms. The summed E-state index contributed by atoms with van der Waals surface area (Å²) >= 11 is 1.74. The number of carbonyl (C=O) groups is 1. The second kappa shape index (κ2) is 10.5. The van der Waals surface area contributed by atoms with Crippen molar-refractivity contribution in [1.82, 2.24) is 5.32 Å². The number of sulfonamides is 1. The lowest BCUT2D eigenvalue weighted by atomic mass is 10.2. The van der Waals surface area contributed by atoms with Crippen molar-refractivity contribution in [2.75, 3.05) is 22.9 Å². The summed E-state index contributed by atoms with van der Waals surface area (Å²) in [6.07, 6.45) is 1.53. The van der Waals surface area contributed by atoms with Crippen LogP contribution in [0.25, 0.3) is 0 Å². The third-order valence-corrected chi connectivity index (χ3v) is 6.45. The molecular weight excluding hydrogens is 392 g/mol. The predicted molar refractivity (Wildman–Crippen MR) is 118 cm³/mol. The molecule has 0 saturated carbocycles. The van der Waals surface area contributed by atoms with E-state index in [1.165, 1.54) is 15.4 Å². The SMILES string of the molecule is CCC(C(=O)NCCSCc1cccc(C)c1)N(c1ccccc1)S(C)(=O)=O. The van der Waals surface area contributed by atoms with E-state index in [1.54, 1.807) is 36.0 Å². The van der Waals surface area contributed by atoms with Crippen molar-refractivity contribution in [2.24, 2.45) is 0 Å². The Balaban J connectivity index is 1.92. The van der Waals surface area contributed by atoms with E-state index < -0.39 is 16.1 Å². The number of aryl methyl sites for hydroxylation is 1. The first-order chi connectivity index (χ1) is 13.3. The van der Waals surface area contributed by atoms with Crippen LogP contribution in [0.5, 0.6) is 0 Å². The van der Waals surface area contributed by atoms with Crippen molar-refractivity contribution < 1.29 is 13.2 Å². The van der Waals surface area contributed by atoms with Gasteiger partial charge in [0.05, 0.1) is 11.9 Å². The zero-order valence-electron chi connectivity index (χ0n) is 16.6. The lowest BCUT2D eigenvalue weighted by Gasteiger charge is -2.30. The first kappa shape index (κ1) is 22.3. The van der Waals surface area contributed by atoms with Crippen LogP contribution in [0.1, 0.15) is 24.5 Å². The molecule has 2 aromatic rings. The van der Waals surface area contributed by atoms with Crippen molar-refractivity contribution in [3.63, 3.8) is 0 Å². The Labute approximate surface area is 172 Å². The molecule has 0 aliphatic heterocycles. The molecule has 152 valence electrons. The summed E-state index contributed by atoms with van der Waals surface area (Å²) in [6, 6.07) is 16.3. The monoisotopic (exact) mass is 420 g/mol. The molecule has 1 atom stereocenters. The molecule has 0 aliphatic rings. The normalized spacial score (nSPS) is 12.4. The number of amides is 1. The Hall–Kier alpha value is -1.99. The van der Waals surface area contributed by atoms with Gasteiger partial charge in [-0.2, -0.15) is 11.8 Å². The number of carbonyl (C=O) groups excluding carboxylic acids is 1. The van der Waals surface area contributed by atoms with Gasteiger partial charge in [0.1, 0.15) is 6.04 Å². The number of nitrogens with zero attached hydrogens (tertiary/aromatic N) is 1. The van der Waals surface area contributed by atoms with Gasteiger partial charge in [-0.25, -0.2) is 8.42 Å². The van der Waals surface area contributed by atoms with Crippen molar-refractivity contribution in [3.05, 3.63) is 65.7 Å². The highest BCUT2D eigenvalue weighted by atomic mass is 32.2. The molecule has 5 nitrogen and oxygen atoms in total. The predicted octanol–water partition coefficient (Wildman–Crippen LogP) is 3.59. The Morgan fingerprint density at radius 2 is 1.86 bits per heavy atom. The lowest BCUT2D eigenvalue weighted by molar-refractivity contribution is -0.122. The van der Waals surface area contributed by atoms with Crippen LogP contribution in [0, 0.1) is 6.92 Å². The first-order valence-corrected chi connectivity index (χ1v) is 12.3. The molecule has 2 aromatic carbocycles.